The van der Waals surface area contributed by atoms with E-state index >= 15 is 0 Å². The van der Waals surface area contributed by atoms with Crippen molar-refractivity contribution in [2.75, 3.05) is 7.11 Å². The number of para-hydroxylation sites is 1. The summed E-state index contributed by atoms with van der Waals surface area (Å²) in [6.45, 7) is 0. The number of ketones is 1. The second kappa shape index (κ2) is 4.97. The highest BCUT2D eigenvalue weighted by molar-refractivity contribution is 6.39. The molecule has 0 saturated carbocycles. The van der Waals surface area contributed by atoms with Gasteiger partial charge >= 0.3 is 5.97 Å². The minimum atomic E-state index is -1.08. The lowest BCUT2D eigenvalue weighted by Gasteiger charge is -2.02. The monoisotopic (exact) mass is 222 g/mol. The second-order valence-corrected chi connectivity index (χ2v) is 2.90. The van der Waals surface area contributed by atoms with Gasteiger partial charge in [0.05, 0.1) is 12.7 Å². The van der Waals surface area contributed by atoms with Crippen molar-refractivity contribution in [3.63, 3.8) is 0 Å². The lowest BCUT2D eigenvalue weighted by atomic mass is 10.1. The molecule has 0 saturated heterocycles. The quantitative estimate of drug-likeness (QED) is 0.345. The number of phenolic OH excluding ortho intramolecular Hbond substituents is 1. The van der Waals surface area contributed by atoms with Crippen LogP contribution in [0.1, 0.15) is 5.56 Å². The highest BCUT2D eigenvalue weighted by Crippen LogP contribution is 2.22. The third-order valence-electron chi connectivity index (χ3n) is 1.83. The van der Waals surface area contributed by atoms with Crippen molar-refractivity contribution in [3.8, 4) is 5.75 Å². The highest BCUT2D eigenvalue weighted by atomic mass is 16.5. The summed E-state index contributed by atoms with van der Waals surface area (Å²) in [7, 11) is 1.06. The first-order valence-corrected chi connectivity index (χ1v) is 4.37. The van der Waals surface area contributed by atoms with Gasteiger partial charge in [-0.25, -0.2) is 4.79 Å². The molecule has 0 radical (unpaired) electrons. The second-order valence-electron chi connectivity index (χ2n) is 2.90. The van der Waals surface area contributed by atoms with Gasteiger partial charge in [0.2, 0.25) is 0 Å². The maximum Gasteiger partial charge on any atom is 0.378 e. The molecule has 0 aliphatic heterocycles. The number of carbonyl (C=O) groups excluding carboxylic acids is 2. The van der Waals surface area contributed by atoms with Crippen LogP contribution in [0.2, 0.25) is 0 Å². The summed E-state index contributed by atoms with van der Waals surface area (Å²) < 4.78 is 4.17. The first-order chi connectivity index (χ1) is 7.56. The van der Waals surface area contributed by atoms with E-state index in [1.165, 1.54) is 12.1 Å². The molecule has 5 heteroatoms. The Labute approximate surface area is 91.6 Å². The van der Waals surface area contributed by atoms with Crippen molar-refractivity contribution in [1.82, 2.24) is 0 Å². The largest absolute Gasteiger partial charge is 0.507 e. The Morgan fingerprint density at radius 3 is 2.50 bits per heavy atom. The van der Waals surface area contributed by atoms with Gasteiger partial charge in [0.1, 0.15) is 11.5 Å². The van der Waals surface area contributed by atoms with E-state index in [4.69, 9.17) is 0 Å². The number of aliphatic hydroxyl groups excluding tert-OH is 1. The van der Waals surface area contributed by atoms with Crippen LogP contribution in [-0.4, -0.2) is 29.1 Å². The maximum atomic E-state index is 11.1. The van der Waals surface area contributed by atoms with E-state index < -0.39 is 17.5 Å². The van der Waals surface area contributed by atoms with Crippen LogP contribution in [0.5, 0.6) is 5.75 Å². The van der Waals surface area contributed by atoms with Crippen molar-refractivity contribution in [2.45, 2.75) is 0 Å². The van der Waals surface area contributed by atoms with E-state index in [2.05, 4.69) is 4.74 Å². The molecule has 0 aromatic heterocycles. The summed E-state index contributed by atoms with van der Waals surface area (Å²) >= 11 is 0. The number of methoxy groups -OCH3 is 1. The van der Waals surface area contributed by atoms with Gasteiger partial charge in [-0.1, -0.05) is 12.1 Å². The summed E-state index contributed by atoms with van der Waals surface area (Å²) in [6.07, 6.45) is 0.695. The fourth-order valence-corrected chi connectivity index (χ4v) is 1.05. The molecular weight excluding hydrogens is 212 g/mol. The zero-order chi connectivity index (χ0) is 12.1. The molecule has 84 valence electrons. The van der Waals surface area contributed by atoms with Gasteiger partial charge in [-0.2, -0.15) is 0 Å². The van der Waals surface area contributed by atoms with Crippen molar-refractivity contribution >= 4 is 17.5 Å². The molecule has 16 heavy (non-hydrogen) atoms. The Morgan fingerprint density at radius 1 is 1.31 bits per heavy atom. The minimum Gasteiger partial charge on any atom is -0.507 e. The number of benzene rings is 1. The number of esters is 1. The van der Waals surface area contributed by atoms with Crippen LogP contribution in [-0.2, 0) is 14.3 Å². The summed E-state index contributed by atoms with van der Waals surface area (Å²) in [6, 6.07) is 5.89. The number of ether oxygens (including phenoxy) is 1. The Bertz CT molecular complexity index is 447. The van der Waals surface area contributed by atoms with Crippen LogP contribution >= 0.6 is 0 Å². The molecule has 0 fully saturated rings. The normalized spacial score (nSPS) is 10.9. The zero-order valence-corrected chi connectivity index (χ0v) is 8.51. The van der Waals surface area contributed by atoms with E-state index in [1.54, 1.807) is 12.1 Å². The summed E-state index contributed by atoms with van der Waals surface area (Å²) in [4.78, 5) is 21.9. The van der Waals surface area contributed by atoms with E-state index in [0.29, 0.717) is 6.08 Å². The van der Waals surface area contributed by atoms with Crippen LogP contribution in [0.25, 0.3) is 5.76 Å². The fourth-order valence-electron chi connectivity index (χ4n) is 1.05. The average Bonchev–Trinajstić information content (AvgIpc) is 2.28. The van der Waals surface area contributed by atoms with Crippen LogP contribution in [0, 0.1) is 0 Å². The molecule has 0 heterocycles. The lowest BCUT2D eigenvalue weighted by molar-refractivity contribution is -0.149. The third-order valence-corrected chi connectivity index (χ3v) is 1.83. The first-order valence-electron chi connectivity index (χ1n) is 4.37. The SMILES string of the molecule is COC(=O)C(=O)/C=C(/O)c1ccccc1O. The summed E-state index contributed by atoms with van der Waals surface area (Å²) in [5.74, 6) is -2.76. The van der Waals surface area contributed by atoms with Gasteiger partial charge in [-0.15, -0.1) is 0 Å². The average molecular weight is 222 g/mol. The number of rotatable bonds is 3. The Hall–Kier alpha value is -2.30. The number of aromatic hydroxyl groups is 1. The summed E-state index contributed by atoms with van der Waals surface area (Å²) in [5, 5.41) is 18.8. The third kappa shape index (κ3) is 2.60. The lowest BCUT2D eigenvalue weighted by Crippen LogP contribution is -2.13. The number of hydrogen-bond acceptors (Lipinski definition) is 5. The molecule has 5 nitrogen and oxygen atoms in total. The molecule has 1 aromatic carbocycles. The molecule has 1 rings (SSSR count). The van der Waals surface area contributed by atoms with Crippen LogP contribution < -0.4 is 0 Å². The Morgan fingerprint density at radius 2 is 1.94 bits per heavy atom. The number of aliphatic hydroxyl groups is 1. The summed E-state index contributed by atoms with van der Waals surface area (Å²) in [5.41, 5.74) is 0.0692. The van der Waals surface area contributed by atoms with Gasteiger partial charge < -0.3 is 14.9 Å². The predicted octanol–water partition coefficient (Wildman–Crippen LogP) is 1.03. The van der Waals surface area contributed by atoms with Crippen LogP contribution in [0.15, 0.2) is 30.3 Å². The first kappa shape index (κ1) is 11.8. The topological polar surface area (TPSA) is 83.8 Å². The van der Waals surface area contributed by atoms with Gasteiger partial charge in [0.25, 0.3) is 5.78 Å². The number of carbonyl (C=O) groups is 2. The minimum absolute atomic E-state index is 0.0692. The van der Waals surface area contributed by atoms with Gasteiger partial charge in [0.15, 0.2) is 0 Å². The highest BCUT2D eigenvalue weighted by Gasteiger charge is 2.13. The molecule has 0 bridgehead atoms. The maximum absolute atomic E-state index is 11.1. The molecule has 2 N–H and O–H groups in total. The predicted molar refractivity (Wildman–Crippen MR) is 55.7 cm³/mol. The molecule has 0 aliphatic rings. The molecule has 0 amide bonds. The van der Waals surface area contributed by atoms with Crippen molar-refractivity contribution in [1.29, 1.82) is 0 Å². The molecule has 1 aromatic rings. The smallest absolute Gasteiger partial charge is 0.378 e. The van der Waals surface area contributed by atoms with Gasteiger partial charge in [-0.3, -0.25) is 4.79 Å². The van der Waals surface area contributed by atoms with E-state index in [1.807, 2.05) is 0 Å². The zero-order valence-electron chi connectivity index (χ0n) is 8.51. The molecular formula is C11H10O5. The van der Waals surface area contributed by atoms with Crippen LogP contribution in [0.3, 0.4) is 0 Å². The van der Waals surface area contributed by atoms with E-state index in [-0.39, 0.29) is 11.3 Å². The van der Waals surface area contributed by atoms with Gasteiger partial charge in [-0.05, 0) is 12.1 Å². The van der Waals surface area contributed by atoms with Crippen molar-refractivity contribution < 1.29 is 24.5 Å². The standard InChI is InChI=1S/C11H10O5/c1-16-11(15)10(14)6-9(13)7-4-2-3-5-8(7)12/h2-6,12-13H,1H3/b9-6+. The number of phenols is 1. The Kier molecular flexibility index (Phi) is 3.66. The van der Waals surface area contributed by atoms with Crippen molar-refractivity contribution in [3.05, 3.63) is 35.9 Å². The van der Waals surface area contributed by atoms with Gasteiger partial charge in [0, 0.05) is 6.08 Å². The molecule has 0 atom stereocenters. The van der Waals surface area contributed by atoms with E-state index in [0.717, 1.165) is 7.11 Å². The van der Waals surface area contributed by atoms with Crippen LogP contribution in [0.4, 0.5) is 0 Å². The molecule has 0 unspecified atom stereocenters. The fraction of sp³-hybridized carbons (Fsp3) is 0.0909. The van der Waals surface area contributed by atoms with E-state index in [9.17, 15) is 19.8 Å². The number of hydrogen-bond donors (Lipinski definition) is 2. The molecule has 0 spiro atoms. The molecule has 0 aliphatic carbocycles. The van der Waals surface area contributed by atoms with Crippen molar-refractivity contribution in [2.24, 2.45) is 0 Å². The Balaban J connectivity index is 2.99.